The van der Waals surface area contributed by atoms with Gasteiger partial charge >= 0.3 is 0 Å². The SMILES string of the molecule is O=C1Nc2c(F)cccc2/C1=C\c1c[nH]c2ccccc12. The lowest BCUT2D eigenvalue weighted by molar-refractivity contribution is -0.110. The van der Waals surface area contributed by atoms with Crippen LogP contribution in [0.5, 0.6) is 0 Å². The quantitative estimate of drug-likeness (QED) is 0.653. The molecule has 102 valence electrons. The molecule has 3 aromatic rings. The summed E-state index contributed by atoms with van der Waals surface area (Å²) in [5.41, 5.74) is 3.25. The van der Waals surface area contributed by atoms with Crippen LogP contribution in [0.1, 0.15) is 11.1 Å². The molecule has 2 heterocycles. The monoisotopic (exact) mass is 278 g/mol. The summed E-state index contributed by atoms with van der Waals surface area (Å²) in [7, 11) is 0. The van der Waals surface area contributed by atoms with Crippen LogP contribution in [-0.4, -0.2) is 10.9 Å². The minimum absolute atomic E-state index is 0.258. The van der Waals surface area contributed by atoms with Gasteiger partial charge in [-0.3, -0.25) is 4.79 Å². The maximum absolute atomic E-state index is 13.7. The number of benzene rings is 2. The summed E-state index contributed by atoms with van der Waals surface area (Å²) >= 11 is 0. The molecule has 1 aliphatic heterocycles. The van der Waals surface area contributed by atoms with E-state index in [1.807, 2.05) is 30.5 Å². The Kier molecular flexibility index (Phi) is 2.44. The van der Waals surface area contributed by atoms with Crippen LogP contribution in [0.2, 0.25) is 0 Å². The van der Waals surface area contributed by atoms with Gasteiger partial charge in [-0.25, -0.2) is 4.39 Å². The number of anilines is 1. The first-order chi connectivity index (χ1) is 10.2. The van der Waals surface area contributed by atoms with Crippen LogP contribution in [0.4, 0.5) is 10.1 Å². The van der Waals surface area contributed by atoms with Crippen molar-refractivity contribution in [2.24, 2.45) is 0 Å². The van der Waals surface area contributed by atoms with Crippen LogP contribution in [-0.2, 0) is 4.79 Å². The molecule has 0 aliphatic carbocycles. The van der Waals surface area contributed by atoms with E-state index in [9.17, 15) is 9.18 Å². The van der Waals surface area contributed by atoms with E-state index in [1.54, 1.807) is 18.2 Å². The fourth-order valence-electron chi connectivity index (χ4n) is 2.69. The molecule has 0 saturated carbocycles. The molecule has 0 radical (unpaired) electrons. The van der Waals surface area contributed by atoms with Gasteiger partial charge in [0.15, 0.2) is 0 Å². The molecule has 0 atom stereocenters. The highest BCUT2D eigenvalue weighted by atomic mass is 19.1. The van der Waals surface area contributed by atoms with E-state index in [0.717, 1.165) is 16.5 Å². The second-order valence-electron chi connectivity index (χ2n) is 4.96. The number of aromatic nitrogens is 1. The van der Waals surface area contributed by atoms with Gasteiger partial charge in [-0.1, -0.05) is 30.3 Å². The average Bonchev–Trinajstić information content (AvgIpc) is 3.04. The standard InChI is InChI=1S/C17H11FN2O/c18-14-6-3-5-12-13(17(21)20-16(12)14)8-10-9-19-15-7-2-1-4-11(10)15/h1-9,19H,(H,20,21)/b13-8+. The number of H-pyrrole nitrogens is 1. The van der Waals surface area contributed by atoms with Crippen LogP contribution >= 0.6 is 0 Å². The van der Waals surface area contributed by atoms with Gasteiger partial charge in [0.25, 0.3) is 5.91 Å². The van der Waals surface area contributed by atoms with Crippen molar-refractivity contribution in [1.82, 2.24) is 4.98 Å². The Morgan fingerprint density at radius 3 is 2.81 bits per heavy atom. The summed E-state index contributed by atoms with van der Waals surface area (Å²) in [4.78, 5) is 15.3. The van der Waals surface area contributed by atoms with Gasteiger partial charge in [0.1, 0.15) is 5.82 Å². The Morgan fingerprint density at radius 2 is 1.90 bits per heavy atom. The molecule has 0 fully saturated rings. The number of para-hydroxylation sites is 2. The van der Waals surface area contributed by atoms with Crippen LogP contribution in [0.25, 0.3) is 22.6 Å². The third-order valence-electron chi connectivity index (χ3n) is 3.71. The van der Waals surface area contributed by atoms with Gasteiger partial charge in [0.05, 0.1) is 5.69 Å². The topological polar surface area (TPSA) is 44.9 Å². The summed E-state index contributed by atoms with van der Waals surface area (Å²) < 4.78 is 13.7. The van der Waals surface area contributed by atoms with Crippen LogP contribution < -0.4 is 5.32 Å². The molecule has 21 heavy (non-hydrogen) atoms. The average molecular weight is 278 g/mol. The highest BCUT2D eigenvalue weighted by Gasteiger charge is 2.26. The first kappa shape index (κ1) is 11.9. The van der Waals surface area contributed by atoms with Crippen LogP contribution in [0.3, 0.4) is 0 Å². The molecule has 0 spiro atoms. The molecule has 1 aliphatic rings. The highest BCUT2D eigenvalue weighted by Crippen LogP contribution is 2.35. The molecule has 0 saturated heterocycles. The lowest BCUT2D eigenvalue weighted by Gasteiger charge is -1.98. The summed E-state index contributed by atoms with van der Waals surface area (Å²) in [6.07, 6.45) is 3.64. The Morgan fingerprint density at radius 1 is 1.05 bits per heavy atom. The third kappa shape index (κ3) is 1.76. The van der Waals surface area contributed by atoms with Crippen molar-refractivity contribution in [3.05, 3.63) is 65.6 Å². The van der Waals surface area contributed by atoms with E-state index < -0.39 is 5.82 Å². The number of rotatable bonds is 1. The second kappa shape index (κ2) is 4.31. The van der Waals surface area contributed by atoms with Gasteiger partial charge in [0.2, 0.25) is 0 Å². The fourth-order valence-corrected chi connectivity index (χ4v) is 2.69. The van der Waals surface area contributed by atoms with Crippen molar-refractivity contribution in [1.29, 1.82) is 0 Å². The van der Waals surface area contributed by atoms with Crippen LogP contribution in [0, 0.1) is 5.82 Å². The number of amides is 1. The number of nitrogens with one attached hydrogen (secondary N) is 2. The van der Waals surface area contributed by atoms with E-state index in [-0.39, 0.29) is 11.6 Å². The van der Waals surface area contributed by atoms with E-state index in [1.165, 1.54) is 6.07 Å². The smallest absolute Gasteiger partial charge is 0.256 e. The molecule has 1 aromatic heterocycles. The van der Waals surface area contributed by atoms with Crippen molar-refractivity contribution >= 4 is 34.1 Å². The van der Waals surface area contributed by atoms with E-state index in [4.69, 9.17) is 0 Å². The maximum Gasteiger partial charge on any atom is 0.256 e. The molecule has 0 unspecified atom stereocenters. The number of aromatic amines is 1. The first-order valence-corrected chi connectivity index (χ1v) is 6.62. The lowest BCUT2D eigenvalue weighted by Crippen LogP contribution is -2.04. The molecular weight excluding hydrogens is 267 g/mol. The molecule has 0 bridgehead atoms. The number of carbonyl (C=O) groups is 1. The van der Waals surface area contributed by atoms with Crippen molar-refractivity contribution < 1.29 is 9.18 Å². The van der Waals surface area contributed by atoms with Gasteiger partial charge in [-0.15, -0.1) is 0 Å². The number of carbonyl (C=O) groups excluding carboxylic acids is 1. The van der Waals surface area contributed by atoms with Crippen LogP contribution in [0.15, 0.2) is 48.7 Å². The first-order valence-electron chi connectivity index (χ1n) is 6.62. The van der Waals surface area contributed by atoms with Crippen molar-refractivity contribution in [3.63, 3.8) is 0 Å². The molecule has 2 N–H and O–H groups in total. The number of hydrogen-bond acceptors (Lipinski definition) is 1. The summed E-state index contributed by atoms with van der Waals surface area (Å²) in [5.74, 6) is -0.691. The van der Waals surface area contributed by atoms with E-state index in [2.05, 4.69) is 10.3 Å². The second-order valence-corrected chi connectivity index (χ2v) is 4.96. The van der Waals surface area contributed by atoms with Gasteiger partial charge in [-0.05, 0) is 18.2 Å². The Labute approximate surface area is 120 Å². The van der Waals surface area contributed by atoms with Crippen molar-refractivity contribution in [3.8, 4) is 0 Å². The molecular formula is C17H11FN2O. The number of hydrogen-bond donors (Lipinski definition) is 2. The highest BCUT2D eigenvalue weighted by molar-refractivity contribution is 6.35. The maximum atomic E-state index is 13.7. The van der Waals surface area contributed by atoms with Gasteiger partial charge in [0, 0.05) is 33.8 Å². The van der Waals surface area contributed by atoms with Crippen molar-refractivity contribution in [2.75, 3.05) is 5.32 Å². The zero-order valence-corrected chi connectivity index (χ0v) is 11.0. The summed E-state index contributed by atoms with van der Waals surface area (Å²) in [6.45, 7) is 0. The number of fused-ring (bicyclic) bond motifs is 2. The molecule has 3 nitrogen and oxygen atoms in total. The largest absolute Gasteiger partial charge is 0.361 e. The summed E-state index contributed by atoms with van der Waals surface area (Å²) in [6, 6.07) is 12.5. The Balaban J connectivity index is 1.91. The third-order valence-corrected chi connectivity index (χ3v) is 3.71. The summed E-state index contributed by atoms with van der Waals surface area (Å²) in [5, 5.41) is 3.61. The molecule has 2 aromatic carbocycles. The zero-order chi connectivity index (χ0) is 14.4. The van der Waals surface area contributed by atoms with Gasteiger partial charge in [-0.2, -0.15) is 0 Å². The zero-order valence-electron chi connectivity index (χ0n) is 11.0. The minimum atomic E-state index is -0.414. The fraction of sp³-hybridized carbons (Fsp3) is 0. The Bertz CT molecular complexity index is 908. The predicted molar refractivity (Wildman–Crippen MR) is 81.2 cm³/mol. The minimum Gasteiger partial charge on any atom is -0.361 e. The predicted octanol–water partition coefficient (Wildman–Crippen LogP) is 3.80. The molecule has 4 rings (SSSR count). The normalized spacial score (nSPS) is 15.5. The van der Waals surface area contributed by atoms with Gasteiger partial charge < -0.3 is 10.3 Å². The molecule has 4 heteroatoms. The van der Waals surface area contributed by atoms with E-state index >= 15 is 0 Å². The molecule has 1 amide bonds. The Hall–Kier alpha value is -2.88. The van der Waals surface area contributed by atoms with Crippen molar-refractivity contribution in [2.45, 2.75) is 0 Å². The lowest BCUT2D eigenvalue weighted by atomic mass is 10.0. The van der Waals surface area contributed by atoms with E-state index in [0.29, 0.717) is 11.1 Å². The number of halogens is 1.